The van der Waals surface area contributed by atoms with Gasteiger partial charge in [0.25, 0.3) is 5.91 Å². The summed E-state index contributed by atoms with van der Waals surface area (Å²) in [6.07, 6.45) is -4.61. The Kier molecular flexibility index (Phi) is 7.41. The molecule has 1 heterocycles. The lowest BCUT2D eigenvalue weighted by molar-refractivity contribution is -0.138. The van der Waals surface area contributed by atoms with Crippen LogP contribution in [-0.4, -0.2) is 48.7 Å². The standard InChI is InChI=1S/C21H17Cl2F3N2O5/c1-32-20(31)14-10-28(6-7-29)19(30)17(14)27-12-2-4-13(5-3-12)33-18-15(22)8-11(9-16(18)23)21(24,25)26/h2-5,8-9,27,29H,6-7,10H2,1H3. The van der Waals surface area contributed by atoms with Gasteiger partial charge in [-0.2, -0.15) is 13.2 Å². The number of halogens is 5. The molecule has 0 unspecified atom stereocenters. The van der Waals surface area contributed by atoms with Gasteiger partial charge in [-0.3, -0.25) is 4.79 Å². The van der Waals surface area contributed by atoms with Gasteiger partial charge in [0.15, 0.2) is 5.75 Å². The van der Waals surface area contributed by atoms with Crippen LogP contribution in [0.3, 0.4) is 0 Å². The Morgan fingerprint density at radius 3 is 2.30 bits per heavy atom. The van der Waals surface area contributed by atoms with E-state index in [2.05, 4.69) is 5.32 Å². The number of esters is 1. The summed E-state index contributed by atoms with van der Waals surface area (Å²) in [5.74, 6) is -1.09. The molecule has 0 aliphatic carbocycles. The molecule has 2 N–H and O–H groups in total. The minimum absolute atomic E-state index is 0.0118. The number of aliphatic hydroxyl groups is 1. The van der Waals surface area contributed by atoms with E-state index in [1.54, 1.807) is 0 Å². The van der Waals surface area contributed by atoms with Gasteiger partial charge in [0, 0.05) is 12.2 Å². The Morgan fingerprint density at radius 1 is 1.18 bits per heavy atom. The molecule has 176 valence electrons. The van der Waals surface area contributed by atoms with Gasteiger partial charge in [0.2, 0.25) is 0 Å². The molecule has 7 nitrogen and oxygen atoms in total. The number of alkyl halides is 3. The average Bonchev–Trinajstić information content (AvgIpc) is 3.06. The van der Waals surface area contributed by atoms with Crippen LogP contribution in [-0.2, 0) is 20.5 Å². The molecule has 2 aromatic carbocycles. The Morgan fingerprint density at radius 2 is 1.79 bits per heavy atom. The molecule has 0 fully saturated rings. The van der Waals surface area contributed by atoms with Crippen LogP contribution in [0.5, 0.6) is 11.5 Å². The highest BCUT2D eigenvalue weighted by Gasteiger charge is 2.34. The van der Waals surface area contributed by atoms with Crippen molar-refractivity contribution < 1.29 is 37.3 Å². The number of benzene rings is 2. The second-order valence-electron chi connectivity index (χ2n) is 6.81. The predicted octanol–water partition coefficient (Wildman–Crippen LogP) is 4.48. The number of hydrogen-bond donors (Lipinski definition) is 2. The van der Waals surface area contributed by atoms with Crippen LogP contribution in [0.4, 0.5) is 18.9 Å². The molecule has 0 spiro atoms. The number of aliphatic hydroxyl groups excluding tert-OH is 1. The zero-order valence-electron chi connectivity index (χ0n) is 17.0. The van der Waals surface area contributed by atoms with Crippen molar-refractivity contribution >= 4 is 40.8 Å². The Labute approximate surface area is 196 Å². The molecule has 0 aromatic heterocycles. The van der Waals surface area contributed by atoms with Gasteiger partial charge in [-0.15, -0.1) is 0 Å². The second-order valence-corrected chi connectivity index (χ2v) is 7.63. The van der Waals surface area contributed by atoms with E-state index >= 15 is 0 Å². The number of nitrogens with zero attached hydrogens (tertiary/aromatic N) is 1. The first-order valence-corrected chi connectivity index (χ1v) is 10.1. The van der Waals surface area contributed by atoms with Gasteiger partial charge in [0.1, 0.15) is 11.4 Å². The molecule has 3 rings (SSSR count). The highest BCUT2D eigenvalue weighted by atomic mass is 35.5. The molecule has 0 radical (unpaired) electrons. The number of nitrogens with one attached hydrogen (secondary N) is 1. The van der Waals surface area contributed by atoms with E-state index in [4.69, 9.17) is 37.8 Å². The Hall–Kier alpha value is -2.95. The van der Waals surface area contributed by atoms with Gasteiger partial charge in [-0.1, -0.05) is 23.2 Å². The summed E-state index contributed by atoms with van der Waals surface area (Å²) in [7, 11) is 1.19. The number of hydrogen-bond acceptors (Lipinski definition) is 6. The predicted molar refractivity (Wildman–Crippen MR) is 114 cm³/mol. The van der Waals surface area contributed by atoms with Crippen LogP contribution in [0.2, 0.25) is 10.0 Å². The zero-order chi connectivity index (χ0) is 24.3. The normalized spacial score (nSPS) is 14.0. The molecule has 33 heavy (non-hydrogen) atoms. The first-order valence-electron chi connectivity index (χ1n) is 9.38. The van der Waals surface area contributed by atoms with Crippen LogP contribution in [0.1, 0.15) is 5.56 Å². The molecule has 1 aliphatic heterocycles. The van der Waals surface area contributed by atoms with Gasteiger partial charge in [-0.25, -0.2) is 4.79 Å². The van der Waals surface area contributed by atoms with Gasteiger partial charge in [0.05, 0.1) is 41.4 Å². The summed E-state index contributed by atoms with van der Waals surface area (Å²) in [5, 5.41) is 11.3. The largest absolute Gasteiger partial charge is 0.466 e. The quantitative estimate of drug-likeness (QED) is 0.540. The fourth-order valence-electron chi connectivity index (χ4n) is 3.04. The molecule has 0 bridgehead atoms. The molecular formula is C21H17Cl2F3N2O5. The molecule has 0 atom stereocenters. The minimum Gasteiger partial charge on any atom is -0.466 e. The summed E-state index contributed by atoms with van der Waals surface area (Å²) >= 11 is 11.8. The molecule has 1 amide bonds. The van der Waals surface area contributed by atoms with E-state index in [0.717, 1.165) is 0 Å². The van der Waals surface area contributed by atoms with Crippen LogP contribution < -0.4 is 10.1 Å². The monoisotopic (exact) mass is 504 g/mol. The van der Waals surface area contributed by atoms with Crippen molar-refractivity contribution in [2.75, 3.05) is 32.1 Å². The van der Waals surface area contributed by atoms with Crippen molar-refractivity contribution in [1.82, 2.24) is 4.90 Å². The van der Waals surface area contributed by atoms with Crippen LogP contribution in [0, 0.1) is 0 Å². The number of ether oxygens (including phenoxy) is 2. The number of amides is 1. The van der Waals surface area contributed by atoms with Gasteiger partial charge < -0.3 is 24.8 Å². The van der Waals surface area contributed by atoms with Crippen molar-refractivity contribution in [2.45, 2.75) is 6.18 Å². The Bertz CT molecular complexity index is 1080. The lowest BCUT2D eigenvalue weighted by Crippen LogP contribution is -2.31. The number of carbonyl (C=O) groups excluding carboxylic acids is 2. The van der Waals surface area contributed by atoms with E-state index in [1.165, 1.54) is 36.3 Å². The van der Waals surface area contributed by atoms with Crippen molar-refractivity contribution in [2.24, 2.45) is 0 Å². The van der Waals surface area contributed by atoms with Crippen molar-refractivity contribution in [3.63, 3.8) is 0 Å². The maximum atomic E-state index is 12.9. The van der Waals surface area contributed by atoms with Gasteiger partial charge >= 0.3 is 12.1 Å². The third-order valence-corrected chi connectivity index (χ3v) is 5.18. The molecular weight excluding hydrogens is 488 g/mol. The first kappa shape index (κ1) is 24.7. The van der Waals surface area contributed by atoms with Crippen LogP contribution in [0.15, 0.2) is 47.7 Å². The molecule has 2 aromatic rings. The summed E-state index contributed by atoms with van der Waals surface area (Å²) in [5.41, 5.74) is -0.462. The fourth-order valence-corrected chi connectivity index (χ4v) is 3.60. The summed E-state index contributed by atoms with van der Waals surface area (Å²) in [6, 6.07) is 7.40. The van der Waals surface area contributed by atoms with Gasteiger partial charge in [-0.05, 0) is 36.4 Å². The zero-order valence-corrected chi connectivity index (χ0v) is 18.5. The van der Waals surface area contributed by atoms with Crippen LogP contribution in [0.25, 0.3) is 0 Å². The number of carbonyl (C=O) groups is 2. The summed E-state index contributed by atoms with van der Waals surface area (Å²) < 4.78 is 48.9. The van der Waals surface area contributed by atoms with E-state index in [-0.39, 0.29) is 52.5 Å². The topological polar surface area (TPSA) is 88.1 Å². The Balaban J connectivity index is 1.79. The van der Waals surface area contributed by atoms with Crippen molar-refractivity contribution in [1.29, 1.82) is 0 Å². The van der Waals surface area contributed by atoms with E-state index in [1.807, 2.05) is 0 Å². The first-order chi connectivity index (χ1) is 15.5. The van der Waals surface area contributed by atoms with Crippen molar-refractivity contribution in [3.8, 4) is 11.5 Å². The van der Waals surface area contributed by atoms with Crippen molar-refractivity contribution in [3.05, 3.63) is 63.3 Å². The second kappa shape index (κ2) is 9.90. The van der Waals surface area contributed by atoms with E-state index in [0.29, 0.717) is 17.8 Å². The SMILES string of the molecule is COC(=O)C1=C(Nc2ccc(Oc3c(Cl)cc(C(F)(F)F)cc3Cl)cc2)C(=O)N(CCO)C1. The van der Waals surface area contributed by atoms with E-state index in [9.17, 15) is 22.8 Å². The minimum atomic E-state index is -4.61. The third-order valence-electron chi connectivity index (χ3n) is 4.62. The summed E-state index contributed by atoms with van der Waals surface area (Å²) in [6.45, 7) is -0.235. The molecule has 0 saturated heterocycles. The molecule has 1 aliphatic rings. The number of rotatable bonds is 7. The lowest BCUT2D eigenvalue weighted by Gasteiger charge is -2.15. The number of anilines is 1. The highest BCUT2D eigenvalue weighted by molar-refractivity contribution is 6.37. The molecule has 12 heteroatoms. The smallest absolute Gasteiger partial charge is 0.416 e. The summed E-state index contributed by atoms with van der Waals surface area (Å²) in [4.78, 5) is 25.9. The lowest BCUT2D eigenvalue weighted by atomic mass is 10.2. The average molecular weight is 505 g/mol. The van der Waals surface area contributed by atoms with Crippen LogP contribution >= 0.6 is 23.2 Å². The number of β-amino-alcohol motifs (C(OH)–C–C–N with tert-alkyl or cyclic N) is 1. The maximum Gasteiger partial charge on any atom is 0.416 e. The maximum absolute atomic E-state index is 12.9. The fraction of sp³-hybridized carbons (Fsp3) is 0.238. The van der Waals surface area contributed by atoms with E-state index < -0.39 is 23.6 Å². The third kappa shape index (κ3) is 5.52. The molecule has 0 saturated carbocycles. The highest BCUT2D eigenvalue weighted by Crippen LogP contribution is 2.41. The number of methoxy groups -OCH3 is 1.